The van der Waals surface area contributed by atoms with Crippen molar-refractivity contribution in [3.63, 3.8) is 0 Å². The molecule has 0 saturated heterocycles. The average Bonchev–Trinajstić information content (AvgIpc) is 2.51. The fraction of sp³-hybridized carbons (Fsp3) is 0.176. The number of benzene rings is 2. The number of rotatable bonds is 5. The zero-order chi connectivity index (χ0) is 17.9. The van der Waals surface area contributed by atoms with Gasteiger partial charge in [-0.05, 0) is 24.6 Å². The largest absolute Gasteiger partial charge is 0.488 e. The third-order valence-electron chi connectivity index (χ3n) is 3.28. The molecule has 0 aromatic heterocycles. The van der Waals surface area contributed by atoms with E-state index in [1.807, 2.05) is 0 Å². The molecule has 0 heterocycles. The summed E-state index contributed by atoms with van der Waals surface area (Å²) in [6.45, 7) is 0.842. The van der Waals surface area contributed by atoms with E-state index in [4.69, 9.17) is 9.84 Å². The lowest BCUT2D eigenvalue weighted by molar-refractivity contribution is -0.139. The van der Waals surface area contributed by atoms with Crippen LogP contribution < -0.4 is 4.74 Å². The van der Waals surface area contributed by atoms with Crippen LogP contribution in [0.15, 0.2) is 42.5 Å². The second kappa shape index (κ2) is 6.74. The smallest absolute Gasteiger partial charge is 0.420 e. The molecule has 126 valence electrons. The summed E-state index contributed by atoms with van der Waals surface area (Å²) in [6.07, 6.45) is -4.98. The Bertz CT molecular complexity index is 767. The number of ether oxygens (including phenoxy) is 1. The minimum Gasteiger partial charge on any atom is -0.488 e. The SMILES string of the molecule is CC(=O)c1ccc(OCc2ccccc2)c(C(F)(F)F)c1C(=O)O. The highest BCUT2D eigenvalue weighted by molar-refractivity contribution is 6.06. The molecule has 0 saturated carbocycles. The van der Waals surface area contributed by atoms with Crippen molar-refractivity contribution in [2.75, 3.05) is 0 Å². The first-order valence-corrected chi connectivity index (χ1v) is 6.87. The molecular weight excluding hydrogens is 325 g/mol. The van der Waals surface area contributed by atoms with Crippen molar-refractivity contribution in [3.05, 3.63) is 64.7 Å². The van der Waals surface area contributed by atoms with Crippen LogP contribution in [0, 0.1) is 0 Å². The molecule has 2 aromatic carbocycles. The molecule has 0 amide bonds. The van der Waals surface area contributed by atoms with Gasteiger partial charge in [-0.2, -0.15) is 13.2 Å². The third kappa shape index (κ3) is 3.73. The molecule has 2 aromatic rings. The fourth-order valence-corrected chi connectivity index (χ4v) is 2.24. The first-order valence-electron chi connectivity index (χ1n) is 6.87. The number of carboxylic acid groups (broad SMARTS) is 1. The highest BCUT2D eigenvalue weighted by atomic mass is 19.4. The molecule has 7 heteroatoms. The van der Waals surface area contributed by atoms with Crippen molar-refractivity contribution < 1.29 is 32.6 Å². The Hall–Kier alpha value is -2.83. The Morgan fingerprint density at radius 3 is 2.21 bits per heavy atom. The van der Waals surface area contributed by atoms with Gasteiger partial charge in [-0.25, -0.2) is 4.79 Å². The Morgan fingerprint density at radius 2 is 1.71 bits per heavy atom. The van der Waals surface area contributed by atoms with Gasteiger partial charge in [-0.15, -0.1) is 0 Å². The van der Waals surface area contributed by atoms with E-state index in [9.17, 15) is 22.8 Å². The summed E-state index contributed by atoms with van der Waals surface area (Å²) in [5, 5.41) is 9.16. The fourth-order valence-electron chi connectivity index (χ4n) is 2.24. The number of carbonyl (C=O) groups excluding carboxylic acids is 1. The maximum Gasteiger partial charge on any atom is 0.420 e. The second-order valence-corrected chi connectivity index (χ2v) is 4.99. The molecule has 0 aliphatic rings. The van der Waals surface area contributed by atoms with E-state index in [1.54, 1.807) is 30.3 Å². The molecule has 2 rings (SSSR count). The van der Waals surface area contributed by atoms with Gasteiger partial charge in [0.25, 0.3) is 0 Å². The van der Waals surface area contributed by atoms with E-state index < -0.39 is 40.4 Å². The zero-order valence-electron chi connectivity index (χ0n) is 12.6. The van der Waals surface area contributed by atoms with Crippen molar-refractivity contribution in [1.29, 1.82) is 0 Å². The van der Waals surface area contributed by atoms with Crippen LogP contribution in [0.25, 0.3) is 0 Å². The summed E-state index contributed by atoms with van der Waals surface area (Å²) in [6, 6.07) is 10.5. The molecule has 0 aliphatic heterocycles. The predicted octanol–water partition coefficient (Wildman–Crippen LogP) is 4.19. The predicted molar refractivity (Wildman–Crippen MR) is 79.2 cm³/mol. The first kappa shape index (κ1) is 17.5. The lowest BCUT2D eigenvalue weighted by Gasteiger charge is -2.18. The van der Waals surface area contributed by atoms with Gasteiger partial charge in [0, 0.05) is 5.56 Å². The van der Waals surface area contributed by atoms with Gasteiger partial charge < -0.3 is 9.84 Å². The van der Waals surface area contributed by atoms with E-state index >= 15 is 0 Å². The maximum absolute atomic E-state index is 13.4. The molecule has 0 radical (unpaired) electrons. The van der Waals surface area contributed by atoms with Crippen LogP contribution in [-0.2, 0) is 12.8 Å². The van der Waals surface area contributed by atoms with Crippen LogP contribution in [-0.4, -0.2) is 16.9 Å². The Labute approximate surface area is 135 Å². The summed E-state index contributed by atoms with van der Waals surface area (Å²) in [4.78, 5) is 22.8. The number of carboxylic acids is 1. The maximum atomic E-state index is 13.4. The number of hydrogen-bond donors (Lipinski definition) is 1. The molecule has 0 atom stereocenters. The van der Waals surface area contributed by atoms with Gasteiger partial charge >= 0.3 is 12.1 Å². The molecule has 0 unspecified atom stereocenters. The highest BCUT2D eigenvalue weighted by Gasteiger charge is 2.41. The standard InChI is InChI=1S/C17H13F3O4/c1-10(21)12-7-8-13(24-9-11-5-3-2-4-6-11)15(17(18,19)20)14(12)16(22)23/h2-8H,9H2,1H3,(H,22,23). The molecule has 0 fully saturated rings. The van der Waals surface area contributed by atoms with Crippen LogP contribution in [0.3, 0.4) is 0 Å². The lowest BCUT2D eigenvalue weighted by atomic mass is 9.97. The average molecular weight is 338 g/mol. The molecule has 1 N–H and O–H groups in total. The molecule has 0 spiro atoms. The highest BCUT2D eigenvalue weighted by Crippen LogP contribution is 2.40. The third-order valence-corrected chi connectivity index (χ3v) is 3.28. The summed E-state index contributed by atoms with van der Waals surface area (Å²) in [5.74, 6) is -3.24. The topological polar surface area (TPSA) is 63.6 Å². The number of hydrogen-bond acceptors (Lipinski definition) is 3. The Morgan fingerprint density at radius 1 is 1.08 bits per heavy atom. The normalized spacial score (nSPS) is 11.2. The monoisotopic (exact) mass is 338 g/mol. The molecule has 0 bridgehead atoms. The van der Waals surface area contributed by atoms with E-state index in [0.29, 0.717) is 5.56 Å². The van der Waals surface area contributed by atoms with Gasteiger partial charge in [-0.1, -0.05) is 30.3 Å². The van der Waals surface area contributed by atoms with E-state index in [0.717, 1.165) is 19.1 Å². The van der Waals surface area contributed by atoms with Crippen LogP contribution in [0.1, 0.15) is 38.8 Å². The zero-order valence-corrected chi connectivity index (χ0v) is 12.6. The molecule has 0 aliphatic carbocycles. The van der Waals surface area contributed by atoms with Gasteiger partial charge in [0.05, 0.1) is 5.56 Å². The summed E-state index contributed by atoms with van der Waals surface area (Å²) < 4.78 is 45.3. The molecule has 24 heavy (non-hydrogen) atoms. The number of halogens is 3. The van der Waals surface area contributed by atoms with Crippen molar-refractivity contribution in [2.45, 2.75) is 19.7 Å². The second-order valence-electron chi connectivity index (χ2n) is 4.99. The van der Waals surface area contributed by atoms with Crippen LogP contribution in [0.5, 0.6) is 5.75 Å². The lowest BCUT2D eigenvalue weighted by Crippen LogP contribution is -2.19. The minimum absolute atomic E-state index is 0.164. The van der Waals surface area contributed by atoms with Gasteiger partial charge in [0.1, 0.15) is 17.9 Å². The van der Waals surface area contributed by atoms with Gasteiger partial charge in [-0.3, -0.25) is 4.79 Å². The number of aromatic carboxylic acids is 1. The number of alkyl halides is 3. The van der Waals surface area contributed by atoms with Crippen molar-refractivity contribution >= 4 is 11.8 Å². The van der Waals surface area contributed by atoms with E-state index in [1.165, 1.54) is 0 Å². The quantitative estimate of drug-likeness (QED) is 0.831. The van der Waals surface area contributed by atoms with E-state index in [-0.39, 0.29) is 6.61 Å². The molecular formula is C17H13F3O4. The number of carbonyl (C=O) groups is 2. The first-order chi connectivity index (χ1) is 11.2. The minimum atomic E-state index is -4.98. The van der Waals surface area contributed by atoms with E-state index in [2.05, 4.69) is 0 Å². The van der Waals surface area contributed by atoms with Crippen LogP contribution in [0.4, 0.5) is 13.2 Å². The van der Waals surface area contributed by atoms with Crippen LogP contribution in [0.2, 0.25) is 0 Å². The number of Topliss-reactive ketones (excluding diaryl/α,β-unsaturated/α-hetero) is 1. The Balaban J connectivity index is 2.53. The van der Waals surface area contributed by atoms with Gasteiger partial charge in [0.2, 0.25) is 0 Å². The van der Waals surface area contributed by atoms with Crippen LogP contribution >= 0.6 is 0 Å². The van der Waals surface area contributed by atoms with Gasteiger partial charge in [0.15, 0.2) is 5.78 Å². The summed E-state index contributed by atoms with van der Waals surface area (Å²) in [7, 11) is 0. The number of ketones is 1. The van der Waals surface area contributed by atoms with Crippen molar-refractivity contribution in [1.82, 2.24) is 0 Å². The summed E-state index contributed by atoms with van der Waals surface area (Å²) >= 11 is 0. The molecule has 4 nitrogen and oxygen atoms in total. The Kier molecular flexibility index (Phi) is 4.92. The van der Waals surface area contributed by atoms with Crippen molar-refractivity contribution in [3.8, 4) is 5.75 Å². The van der Waals surface area contributed by atoms with Crippen molar-refractivity contribution in [2.24, 2.45) is 0 Å². The summed E-state index contributed by atoms with van der Waals surface area (Å²) in [5.41, 5.74) is -2.45.